The van der Waals surface area contributed by atoms with Crippen LogP contribution in [-0.4, -0.2) is 18.6 Å². The van der Waals surface area contributed by atoms with Crippen LogP contribution >= 0.6 is 11.6 Å². The van der Waals surface area contributed by atoms with Crippen LogP contribution in [0.2, 0.25) is 5.02 Å². The Morgan fingerprint density at radius 2 is 1.70 bits per heavy atom. The molecule has 0 radical (unpaired) electrons. The van der Waals surface area contributed by atoms with E-state index in [4.69, 9.17) is 21.1 Å². The fourth-order valence-electron chi connectivity index (χ4n) is 2.14. The number of carbonyl (C=O) groups is 2. The van der Waals surface area contributed by atoms with Gasteiger partial charge in [-0.1, -0.05) is 11.6 Å². The van der Waals surface area contributed by atoms with E-state index in [0.29, 0.717) is 33.5 Å². The van der Waals surface area contributed by atoms with E-state index in [2.05, 4.69) is 10.6 Å². The molecule has 2 aromatic rings. The van der Waals surface area contributed by atoms with Crippen molar-refractivity contribution < 1.29 is 19.1 Å². The lowest BCUT2D eigenvalue weighted by molar-refractivity contribution is -0.114. The Hall–Kier alpha value is -2.73. The number of halogens is 1. The number of hydrogen-bond donors (Lipinski definition) is 2. The molecule has 1 aliphatic rings. The molecule has 1 heterocycles. The first kappa shape index (κ1) is 15.2. The summed E-state index contributed by atoms with van der Waals surface area (Å²) in [5.41, 5.74) is 1.62. The summed E-state index contributed by atoms with van der Waals surface area (Å²) in [6.45, 7) is 1.52. The number of anilines is 2. The molecule has 6 nitrogen and oxygen atoms in total. The van der Waals surface area contributed by atoms with Crippen molar-refractivity contribution in [3.05, 3.63) is 47.0 Å². The third-order valence-corrected chi connectivity index (χ3v) is 3.43. The van der Waals surface area contributed by atoms with Crippen molar-refractivity contribution in [2.45, 2.75) is 6.92 Å². The maximum Gasteiger partial charge on any atom is 0.255 e. The average Bonchev–Trinajstić information content (AvgIpc) is 2.97. The third-order valence-electron chi connectivity index (χ3n) is 3.15. The maximum absolute atomic E-state index is 12.3. The molecule has 0 saturated carbocycles. The minimum absolute atomic E-state index is 0.0880. The molecule has 3 rings (SSSR count). The van der Waals surface area contributed by atoms with Gasteiger partial charge in [0.05, 0.1) is 5.02 Å². The van der Waals surface area contributed by atoms with Crippen molar-refractivity contribution in [2.24, 2.45) is 0 Å². The zero-order valence-corrected chi connectivity index (χ0v) is 12.9. The van der Waals surface area contributed by atoms with Crippen LogP contribution in [0.15, 0.2) is 36.4 Å². The van der Waals surface area contributed by atoms with Gasteiger partial charge in [-0.25, -0.2) is 0 Å². The molecule has 0 unspecified atom stereocenters. The number of ether oxygens (including phenoxy) is 2. The summed E-state index contributed by atoms with van der Waals surface area (Å²) in [6, 6.07) is 9.88. The number of fused-ring (bicyclic) bond motifs is 1. The van der Waals surface area contributed by atoms with Crippen molar-refractivity contribution >= 4 is 34.8 Å². The molecular weight excluding hydrogens is 320 g/mol. The highest BCUT2D eigenvalue weighted by atomic mass is 35.5. The van der Waals surface area contributed by atoms with E-state index >= 15 is 0 Å². The highest BCUT2D eigenvalue weighted by Crippen LogP contribution is 2.39. The predicted molar refractivity (Wildman–Crippen MR) is 86.3 cm³/mol. The number of benzene rings is 2. The standard InChI is InChI=1S/C16H13ClN2O4/c1-9(20)18-11-2-4-12(5-3-11)19-16(21)10-6-13(17)15-14(7-10)22-8-23-15/h2-7H,8H2,1H3,(H,18,20)(H,19,21). The van der Waals surface area contributed by atoms with Gasteiger partial charge >= 0.3 is 0 Å². The van der Waals surface area contributed by atoms with Crippen LogP contribution in [0.4, 0.5) is 11.4 Å². The molecule has 0 aromatic heterocycles. The van der Waals surface area contributed by atoms with E-state index in [1.54, 1.807) is 30.3 Å². The van der Waals surface area contributed by atoms with E-state index in [1.807, 2.05) is 0 Å². The van der Waals surface area contributed by atoms with Crippen molar-refractivity contribution in [1.82, 2.24) is 0 Å². The quantitative estimate of drug-likeness (QED) is 0.904. The Labute approximate surface area is 137 Å². The first-order valence-corrected chi connectivity index (χ1v) is 7.19. The van der Waals surface area contributed by atoms with Gasteiger partial charge in [-0.2, -0.15) is 0 Å². The Morgan fingerprint density at radius 1 is 1.04 bits per heavy atom. The second-order valence-electron chi connectivity index (χ2n) is 4.90. The lowest BCUT2D eigenvalue weighted by atomic mass is 10.1. The van der Waals surface area contributed by atoms with Crippen LogP contribution in [0, 0.1) is 0 Å². The normalized spacial score (nSPS) is 11.9. The van der Waals surface area contributed by atoms with E-state index in [9.17, 15) is 9.59 Å². The Balaban J connectivity index is 1.74. The molecule has 23 heavy (non-hydrogen) atoms. The Morgan fingerprint density at radius 3 is 2.35 bits per heavy atom. The van der Waals surface area contributed by atoms with E-state index in [-0.39, 0.29) is 18.6 Å². The van der Waals surface area contributed by atoms with Gasteiger partial charge in [0.1, 0.15) is 0 Å². The molecule has 0 aliphatic carbocycles. The van der Waals surface area contributed by atoms with Gasteiger partial charge in [0.2, 0.25) is 12.7 Å². The van der Waals surface area contributed by atoms with Crippen LogP contribution < -0.4 is 20.1 Å². The highest BCUT2D eigenvalue weighted by Gasteiger charge is 2.20. The first-order chi connectivity index (χ1) is 11.0. The van der Waals surface area contributed by atoms with Crippen LogP contribution in [0.25, 0.3) is 0 Å². The predicted octanol–water partition coefficient (Wildman–Crippen LogP) is 3.28. The summed E-state index contributed by atoms with van der Waals surface area (Å²) < 4.78 is 10.5. The van der Waals surface area contributed by atoms with Crippen LogP contribution in [0.3, 0.4) is 0 Å². The van der Waals surface area contributed by atoms with Gasteiger partial charge in [0.15, 0.2) is 11.5 Å². The molecule has 0 bridgehead atoms. The van der Waals surface area contributed by atoms with Crippen molar-refractivity contribution in [3.63, 3.8) is 0 Å². The van der Waals surface area contributed by atoms with Gasteiger partial charge in [-0.3, -0.25) is 9.59 Å². The van der Waals surface area contributed by atoms with Gasteiger partial charge < -0.3 is 20.1 Å². The second-order valence-corrected chi connectivity index (χ2v) is 5.31. The first-order valence-electron chi connectivity index (χ1n) is 6.81. The molecule has 118 valence electrons. The van der Waals surface area contributed by atoms with Crippen LogP contribution in [0.5, 0.6) is 11.5 Å². The molecule has 2 amide bonds. The number of rotatable bonds is 3. The number of carbonyl (C=O) groups excluding carboxylic acids is 2. The molecule has 1 aliphatic heterocycles. The zero-order valence-electron chi connectivity index (χ0n) is 12.2. The summed E-state index contributed by atoms with van der Waals surface area (Å²) in [5, 5.41) is 5.73. The van der Waals surface area contributed by atoms with Gasteiger partial charge in [0.25, 0.3) is 5.91 Å². The fourth-order valence-corrected chi connectivity index (χ4v) is 2.41. The molecule has 7 heteroatoms. The summed E-state index contributed by atoms with van der Waals surface area (Å²) in [4.78, 5) is 23.3. The van der Waals surface area contributed by atoms with Crippen molar-refractivity contribution in [3.8, 4) is 11.5 Å². The van der Waals surface area contributed by atoms with Crippen LogP contribution in [-0.2, 0) is 4.79 Å². The summed E-state index contributed by atoms with van der Waals surface area (Å²) >= 11 is 6.07. The summed E-state index contributed by atoms with van der Waals surface area (Å²) in [7, 11) is 0. The molecule has 0 fully saturated rings. The Kier molecular flexibility index (Phi) is 4.08. The summed E-state index contributed by atoms with van der Waals surface area (Å²) in [6.07, 6.45) is 0. The number of hydrogen-bond acceptors (Lipinski definition) is 4. The smallest absolute Gasteiger partial charge is 0.255 e. The van der Waals surface area contributed by atoms with Crippen LogP contribution in [0.1, 0.15) is 17.3 Å². The molecular formula is C16H13ClN2O4. The monoisotopic (exact) mass is 332 g/mol. The van der Waals surface area contributed by atoms with E-state index in [0.717, 1.165) is 0 Å². The largest absolute Gasteiger partial charge is 0.454 e. The van der Waals surface area contributed by atoms with Gasteiger partial charge in [-0.15, -0.1) is 0 Å². The van der Waals surface area contributed by atoms with Gasteiger partial charge in [0, 0.05) is 23.9 Å². The zero-order chi connectivity index (χ0) is 16.4. The molecule has 0 spiro atoms. The molecule has 0 saturated heterocycles. The maximum atomic E-state index is 12.3. The van der Waals surface area contributed by atoms with Gasteiger partial charge in [-0.05, 0) is 36.4 Å². The number of amides is 2. The minimum Gasteiger partial charge on any atom is -0.454 e. The second kappa shape index (κ2) is 6.18. The SMILES string of the molecule is CC(=O)Nc1ccc(NC(=O)c2cc(Cl)c3c(c2)OCO3)cc1. The van der Waals surface area contributed by atoms with Crippen molar-refractivity contribution in [2.75, 3.05) is 17.4 Å². The lowest BCUT2D eigenvalue weighted by Crippen LogP contribution is -2.12. The molecule has 2 aromatic carbocycles. The van der Waals surface area contributed by atoms with Crippen molar-refractivity contribution in [1.29, 1.82) is 0 Å². The average molecular weight is 333 g/mol. The highest BCUT2D eigenvalue weighted by molar-refractivity contribution is 6.32. The fraction of sp³-hybridized carbons (Fsp3) is 0.125. The third kappa shape index (κ3) is 3.37. The minimum atomic E-state index is -0.322. The van der Waals surface area contributed by atoms with E-state index in [1.165, 1.54) is 13.0 Å². The number of nitrogens with one attached hydrogen (secondary N) is 2. The molecule has 0 atom stereocenters. The summed E-state index contributed by atoms with van der Waals surface area (Å²) in [5.74, 6) is 0.417. The topological polar surface area (TPSA) is 76.7 Å². The van der Waals surface area contributed by atoms with E-state index < -0.39 is 0 Å². The lowest BCUT2D eigenvalue weighted by Gasteiger charge is -2.08. The molecule has 2 N–H and O–H groups in total. The Bertz CT molecular complexity index is 774.